The molecule has 0 unspecified atom stereocenters. The van der Waals surface area contributed by atoms with Crippen LogP contribution in [0, 0.1) is 11.3 Å². The molecular formula is C8H10N4O. The van der Waals surface area contributed by atoms with Crippen molar-refractivity contribution in [2.24, 2.45) is 0 Å². The van der Waals surface area contributed by atoms with E-state index in [9.17, 15) is 0 Å². The number of nitrogens with one attached hydrogen (secondary N) is 1. The van der Waals surface area contributed by atoms with E-state index in [1.807, 2.05) is 6.07 Å². The molecule has 2 N–H and O–H groups in total. The molecule has 0 fully saturated rings. The maximum absolute atomic E-state index is 8.55. The third-order valence-electron chi connectivity index (χ3n) is 1.42. The van der Waals surface area contributed by atoms with E-state index in [2.05, 4.69) is 15.5 Å². The lowest BCUT2D eigenvalue weighted by Crippen LogP contribution is -2.05. The molecule has 0 amide bonds. The molecule has 0 saturated heterocycles. The fourth-order valence-electron chi connectivity index (χ4n) is 0.810. The van der Waals surface area contributed by atoms with Gasteiger partial charge in [-0.25, -0.2) is 0 Å². The van der Waals surface area contributed by atoms with Crippen molar-refractivity contribution >= 4 is 5.82 Å². The van der Waals surface area contributed by atoms with Gasteiger partial charge >= 0.3 is 0 Å². The standard InChI is InChI=1S/C8H10N4O/c9-5-7-4-8(12-11-6-7)10-2-1-3-13/h4,6,13H,1-3H2,(H,10,12). The van der Waals surface area contributed by atoms with E-state index in [4.69, 9.17) is 10.4 Å². The van der Waals surface area contributed by atoms with Crippen molar-refractivity contribution in [2.75, 3.05) is 18.5 Å². The Morgan fingerprint density at radius 1 is 1.62 bits per heavy atom. The molecule has 0 saturated carbocycles. The van der Waals surface area contributed by atoms with Crippen LogP contribution in [0.1, 0.15) is 12.0 Å². The molecule has 0 aliphatic rings. The van der Waals surface area contributed by atoms with Crippen LogP contribution in [0.2, 0.25) is 0 Å². The topological polar surface area (TPSA) is 81.8 Å². The summed E-state index contributed by atoms with van der Waals surface area (Å²) in [7, 11) is 0. The van der Waals surface area contributed by atoms with Crippen LogP contribution in [-0.2, 0) is 0 Å². The van der Waals surface area contributed by atoms with Crippen LogP contribution in [0.15, 0.2) is 12.3 Å². The minimum Gasteiger partial charge on any atom is -0.396 e. The maximum atomic E-state index is 8.55. The van der Waals surface area contributed by atoms with Crippen LogP contribution < -0.4 is 5.32 Å². The molecule has 5 heteroatoms. The first-order chi connectivity index (χ1) is 6.36. The molecule has 0 aliphatic carbocycles. The van der Waals surface area contributed by atoms with Crippen molar-refractivity contribution in [3.05, 3.63) is 17.8 Å². The van der Waals surface area contributed by atoms with Gasteiger partial charge in [-0.15, -0.1) is 5.10 Å². The lowest BCUT2D eigenvalue weighted by molar-refractivity contribution is 0.292. The number of hydrogen-bond donors (Lipinski definition) is 2. The van der Waals surface area contributed by atoms with E-state index < -0.39 is 0 Å². The van der Waals surface area contributed by atoms with Gasteiger partial charge in [0.1, 0.15) is 11.9 Å². The lowest BCUT2D eigenvalue weighted by atomic mass is 10.3. The minimum absolute atomic E-state index is 0.137. The van der Waals surface area contributed by atoms with Crippen molar-refractivity contribution in [3.8, 4) is 6.07 Å². The van der Waals surface area contributed by atoms with Crippen molar-refractivity contribution in [1.29, 1.82) is 5.26 Å². The quantitative estimate of drug-likeness (QED) is 0.641. The van der Waals surface area contributed by atoms with Crippen LogP contribution >= 0.6 is 0 Å². The fraction of sp³-hybridized carbons (Fsp3) is 0.375. The summed E-state index contributed by atoms with van der Waals surface area (Å²) in [5, 5.41) is 27.4. The van der Waals surface area contributed by atoms with Gasteiger partial charge in [0.15, 0.2) is 0 Å². The summed E-state index contributed by atoms with van der Waals surface area (Å²) in [6.45, 7) is 0.762. The number of aliphatic hydroxyl groups is 1. The van der Waals surface area contributed by atoms with E-state index in [1.54, 1.807) is 6.07 Å². The molecule has 0 aliphatic heterocycles. The zero-order chi connectivity index (χ0) is 9.52. The van der Waals surface area contributed by atoms with Crippen LogP contribution in [-0.4, -0.2) is 28.5 Å². The molecule has 68 valence electrons. The highest BCUT2D eigenvalue weighted by Gasteiger charge is 1.95. The maximum Gasteiger partial charge on any atom is 0.149 e. The van der Waals surface area contributed by atoms with E-state index in [0.29, 0.717) is 24.3 Å². The largest absolute Gasteiger partial charge is 0.396 e. The third kappa shape index (κ3) is 3.05. The van der Waals surface area contributed by atoms with Gasteiger partial charge in [-0.2, -0.15) is 10.4 Å². The fourth-order valence-corrected chi connectivity index (χ4v) is 0.810. The molecule has 0 bridgehead atoms. The molecule has 1 aromatic heterocycles. The van der Waals surface area contributed by atoms with Gasteiger partial charge < -0.3 is 10.4 Å². The molecule has 5 nitrogen and oxygen atoms in total. The molecule has 0 atom stereocenters. The molecule has 1 rings (SSSR count). The molecule has 13 heavy (non-hydrogen) atoms. The highest BCUT2D eigenvalue weighted by atomic mass is 16.3. The van der Waals surface area contributed by atoms with Gasteiger partial charge in [0.25, 0.3) is 0 Å². The van der Waals surface area contributed by atoms with Gasteiger partial charge in [-0.3, -0.25) is 0 Å². The van der Waals surface area contributed by atoms with Gasteiger partial charge in [-0.1, -0.05) is 0 Å². The zero-order valence-corrected chi connectivity index (χ0v) is 7.06. The second-order valence-corrected chi connectivity index (χ2v) is 2.45. The predicted octanol–water partition coefficient (Wildman–Crippen LogP) is 0.143. The van der Waals surface area contributed by atoms with E-state index in [0.717, 1.165) is 0 Å². The number of nitriles is 1. The lowest BCUT2D eigenvalue weighted by Gasteiger charge is -2.02. The normalized spacial score (nSPS) is 9.23. The number of aromatic nitrogens is 2. The number of anilines is 1. The van der Waals surface area contributed by atoms with E-state index in [-0.39, 0.29) is 6.61 Å². The predicted molar refractivity (Wildman–Crippen MR) is 46.9 cm³/mol. The molecule has 0 radical (unpaired) electrons. The summed E-state index contributed by atoms with van der Waals surface area (Å²) < 4.78 is 0. The second kappa shape index (κ2) is 5.06. The molecule has 1 heterocycles. The smallest absolute Gasteiger partial charge is 0.149 e. The second-order valence-electron chi connectivity index (χ2n) is 2.45. The summed E-state index contributed by atoms with van der Waals surface area (Å²) in [4.78, 5) is 0. The van der Waals surface area contributed by atoms with Crippen molar-refractivity contribution in [1.82, 2.24) is 10.2 Å². The summed E-state index contributed by atoms with van der Waals surface area (Å²) in [5.41, 5.74) is 0.474. The molecule has 1 aromatic rings. The van der Waals surface area contributed by atoms with Gasteiger partial charge in [-0.05, 0) is 6.42 Å². The van der Waals surface area contributed by atoms with Crippen LogP contribution in [0.25, 0.3) is 0 Å². The third-order valence-corrected chi connectivity index (χ3v) is 1.42. The Kier molecular flexibility index (Phi) is 3.67. The highest BCUT2D eigenvalue weighted by molar-refractivity contribution is 5.40. The number of hydrogen-bond acceptors (Lipinski definition) is 5. The summed E-state index contributed by atoms with van der Waals surface area (Å²) in [6.07, 6.45) is 2.05. The van der Waals surface area contributed by atoms with Crippen molar-refractivity contribution < 1.29 is 5.11 Å². The van der Waals surface area contributed by atoms with Gasteiger partial charge in [0.2, 0.25) is 0 Å². The Morgan fingerprint density at radius 2 is 2.46 bits per heavy atom. The average Bonchev–Trinajstić information content (AvgIpc) is 2.19. The summed E-state index contributed by atoms with van der Waals surface area (Å²) >= 11 is 0. The first kappa shape index (κ1) is 9.42. The van der Waals surface area contributed by atoms with E-state index >= 15 is 0 Å². The monoisotopic (exact) mass is 178 g/mol. The van der Waals surface area contributed by atoms with E-state index in [1.165, 1.54) is 6.20 Å². The first-order valence-electron chi connectivity index (χ1n) is 3.94. The van der Waals surface area contributed by atoms with Crippen LogP contribution in [0.5, 0.6) is 0 Å². The number of rotatable bonds is 4. The minimum atomic E-state index is 0.137. The van der Waals surface area contributed by atoms with Gasteiger partial charge in [0, 0.05) is 19.2 Å². The van der Waals surface area contributed by atoms with Gasteiger partial charge in [0.05, 0.1) is 11.8 Å². The summed E-state index contributed by atoms with van der Waals surface area (Å²) in [5.74, 6) is 0.563. The molecular weight excluding hydrogens is 168 g/mol. The summed E-state index contributed by atoms with van der Waals surface area (Å²) in [6, 6.07) is 3.58. The van der Waals surface area contributed by atoms with Crippen LogP contribution in [0.3, 0.4) is 0 Å². The Hall–Kier alpha value is -1.67. The average molecular weight is 178 g/mol. The van der Waals surface area contributed by atoms with Crippen molar-refractivity contribution in [3.63, 3.8) is 0 Å². The number of aliphatic hydroxyl groups excluding tert-OH is 1. The number of nitrogens with zero attached hydrogens (tertiary/aromatic N) is 3. The molecule has 0 aromatic carbocycles. The zero-order valence-electron chi connectivity index (χ0n) is 7.06. The Bertz CT molecular complexity index is 307. The SMILES string of the molecule is N#Cc1cnnc(NCCCO)c1. The van der Waals surface area contributed by atoms with Crippen LogP contribution in [0.4, 0.5) is 5.82 Å². The Morgan fingerprint density at radius 3 is 3.15 bits per heavy atom. The first-order valence-corrected chi connectivity index (χ1v) is 3.94. The Labute approximate surface area is 76.0 Å². The molecule has 0 spiro atoms. The Balaban J connectivity index is 2.52. The van der Waals surface area contributed by atoms with Crippen molar-refractivity contribution in [2.45, 2.75) is 6.42 Å². The highest BCUT2D eigenvalue weighted by Crippen LogP contribution is 2.02.